The van der Waals surface area contributed by atoms with Crippen LogP contribution in [0.15, 0.2) is 75.2 Å². The van der Waals surface area contributed by atoms with Crippen LogP contribution in [0.1, 0.15) is 63.1 Å². The van der Waals surface area contributed by atoms with Crippen molar-refractivity contribution in [2.24, 2.45) is 5.92 Å². The van der Waals surface area contributed by atoms with E-state index in [1.807, 2.05) is 43.3 Å². The second kappa shape index (κ2) is 12.5. The standard InChI is InChI=1S/C32H33N7O4/c1-3-5-8-21-12-13-23(21)27-15-28(40)39(31(36-27)30-34-17-22(18-35-30)42-4-2)19-20-11-14-26(33-16-20)24-9-6-7-10-25(24)29-37-32(41)43-38-29/h6-7,9-11,14-18,21,23H,3-5,8,12-13,19H2,1-2H3,(H,37,38,41). The van der Waals surface area contributed by atoms with Crippen molar-refractivity contribution in [3.63, 3.8) is 0 Å². The van der Waals surface area contributed by atoms with Gasteiger partial charge in [0.15, 0.2) is 23.2 Å². The third-order valence-electron chi connectivity index (χ3n) is 7.96. The molecule has 0 bridgehead atoms. The Morgan fingerprint density at radius 2 is 1.81 bits per heavy atom. The van der Waals surface area contributed by atoms with Crippen molar-refractivity contribution in [1.29, 1.82) is 0 Å². The van der Waals surface area contributed by atoms with E-state index >= 15 is 0 Å². The number of aromatic nitrogens is 7. The first-order valence-corrected chi connectivity index (χ1v) is 14.7. The average molecular weight is 580 g/mol. The molecule has 1 aliphatic rings. The van der Waals surface area contributed by atoms with E-state index in [0.29, 0.717) is 47.0 Å². The summed E-state index contributed by atoms with van der Waals surface area (Å²) in [6, 6.07) is 12.9. The van der Waals surface area contributed by atoms with Crippen LogP contribution < -0.4 is 16.1 Å². The highest BCUT2D eigenvalue weighted by atomic mass is 16.5. The van der Waals surface area contributed by atoms with Crippen molar-refractivity contribution >= 4 is 0 Å². The molecule has 0 amide bonds. The maximum absolute atomic E-state index is 13.6. The summed E-state index contributed by atoms with van der Waals surface area (Å²) in [6.45, 7) is 4.85. The zero-order valence-electron chi connectivity index (χ0n) is 24.2. The van der Waals surface area contributed by atoms with Gasteiger partial charge in [-0.2, -0.15) is 0 Å². The molecule has 11 nitrogen and oxygen atoms in total. The van der Waals surface area contributed by atoms with Crippen LogP contribution in [-0.2, 0) is 6.54 Å². The Morgan fingerprint density at radius 1 is 1.00 bits per heavy atom. The molecule has 4 heterocycles. The predicted octanol–water partition coefficient (Wildman–Crippen LogP) is 5.24. The molecule has 220 valence electrons. The van der Waals surface area contributed by atoms with Gasteiger partial charge in [0, 0.05) is 29.3 Å². The van der Waals surface area contributed by atoms with Gasteiger partial charge in [0.25, 0.3) is 5.56 Å². The first-order chi connectivity index (χ1) is 21.0. The molecule has 1 aromatic carbocycles. The summed E-state index contributed by atoms with van der Waals surface area (Å²) in [5, 5.41) is 3.82. The summed E-state index contributed by atoms with van der Waals surface area (Å²) >= 11 is 0. The highest BCUT2D eigenvalue weighted by Crippen LogP contribution is 2.44. The van der Waals surface area contributed by atoms with Crippen LogP contribution in [0.5, 0.6) is 5.75 Å². The lowest BCUT2D eigenvalue weighted by atomic mass is 9.69. The van der Waals surface area contributed by atoms with Crippen molar-refractivity contribution < 1.29 is 9.26 Å². The highest BCUT2D eigenvalue weighted by Gasteiger charge is 2.33. The molecule has 2 unspecified atom stereocenters. The second-order valence-corrected chi connectivity index (χ2v) is 10.7. The van der Waals surface area contributed by atoms with Crippen LogP contribution in [0.4, 0.5) is 0 Å². The Labute approximate surface area is 248 Å². The van der Waals surface area contributed by atoms with Crippen LogP contribution in [0.25, 0.3) is 34.3 Å². The molecule has 0 saturated heterocycles. The van der Waals surface area contributed by atoms with Crippen molar-refractivity contribution in [2.75, 3.05) is 6.61 Å². The van der Waals surface area contributed by atoms with Crippen LogP contribution in [0.2, 0.25) is 0 Å². The minimum Gasteiger partial charge on any atom is -0.491 e. The van der Waals surface area contributed by atoms with Gasteiger partial charge in [-0.1, -0.05) is 55.3 Å². The summed E-state index contributed by atoms with van der Waals surface area (Å²) in [4.78, 5) is 46.4. The number of aromatic amines is 1. The van der Waals surface area contributed by atoms with E-state index in [4.69, 9.17) is 14.2 Å². The van der Waals surface area contributed by atoms with Crippen LogP contribution in [-0.4, -0.2) is 41.3 Å². The van der Waals surface area contributed by atoms with E-state index in [9.17, 15) is 9.59 Å². The minimum atomic E-state index is -0.626. The van der Waals surface area contributed by atoms with Gasteiger partial charge >= 0.3 is 5.76 Å². The van der Waals surface area contributed by atoms with E-state index in [0.717, 1.165) is 42.5 Å². The highest BCUT2D eigenvalue weighted by molar-refractivity contribution is 5.78. The third kappa shape index (κ3) is 6.01. The number of benzene rings is 1. The van der Waals surface area contributed by atoms with Crippen molar-refractivity contribution in [1.82, 2.24) is 34.6 Å². The third-order valence-corrected chi connectivity index (χ3v) is 7.96. The number of pyridine rings is 1. The topological polar surface area (TPSA) is 142 Å². The Hall–Kier alpha value is -4.93. The predicted molar refractivity (Wildman–Crippen MR) is 161 cm³/mol. The van der Waals surface area contributed by atoms with E-state index in [1.165, 1.54) is 6.42 Å². The molecule has 0 radical (unpaired) electrons. The van der Waals surface area contributed by atoms with Crippen molar-refractivity contribution in [3.8, 4) is 40.0 Å². The second-order valence-electron chi connectivity index (χ2n) is 10.7. The Bertz CT molecular complexity index is 1810. The molecule has 4 aromatic heterocycles. The fourth-order valence-corrected chi connectivity index (χ4v) is 5.60. The van der Waals surface area contributed by atoms with Crippen LogP contribution in [0.3, 0.4) is 0 Å². The van der Waals surface area contributed by atoms with E-state index in [1.54, 1.807) is 29.2 Å². The molecular weight excluding hydrogens is 546 g/mol. The monoisotopic (exact) mass is 579 g/mol. The quantitative estimate of drug-likeness (QED) is 0.222. The van der Waals surface area contributed by atoms with Crippen molar-refractivity contribution in [3.05, 3.63) is 93.2 Å². The zero-order chi connectivity index (χ0) is 29.8. The lowest BCUT2D eigenvalue weighted by molar-refractivity contribution is 0.229. The van der Waals surface area contributed by atoms with Crippen LogP contribution in [0, 0.1) is 5.92 Å². The number of nitrogens with zero attached hydrogens (tertiary/aromatic N) is 6. The minimum absolute atomic E-state index is 0.150. The lowest BCUT2D eigenvalue weighted by Crippen LogP contribution is -2.30. The first kappa shape index (κ1) is 28.2. The largest absolute Gasteiger partial charge is 0.491 e. The number of hydrogen-bond donors (Lipinski definition) is 1. The fourth-order valence-electron chi connectivity index (χ4n) is 5.60. The van der Waals surface area contributed by atoms with E-state index in [-0.39, 0.29) is 18.0 Å². The van der Waals surface area contributed by atoms with Gasteiger partial charge in [-0.3, -0.25) is 23.9 Å². The Kier molecular flexibility index (Phi) is 8.21. The smallest absolute Gasteiger partial charge is 0.439 e. The van der Waals surface area contributed by atoms with Gasteiger partial charge in [-0.05, 0) is 43.7 Å². The maximum atomic E-state index is 13.6. The maximum Gasteiger partial charge on any atom is 0.439 e. The van der Waals surface area contributed by atoms with Crippen molar-refractivity contribution in [2.45, 2.75) is 58.4 Å². The molecule has 0 spiro atoms. The van der Waals surface area contributed by atoms with Gasteiger partial charge in [-0.25, -0.2) is 19.7 Å². The van der Waals surface area contributed by atoms with Gasteiger partial charge < -0.3 is 4.74 Å². The molecule has 1 fully saturated rings. The van der Waals surface area contributed by atoms with E-state index in [2.05, 4.69) is 32.0 Å². The molecule has 5 aromatic rings. The molecular formula is C32H33N7O4. The lowest BCUT2D eigenvalue weighted by Gasteiger charge is -2.36. The molecule has 6 rings (SSSR count). The first-order valence-electron chi connectivity index (χ1n) is 14.7. The number of H-pyrrole nitrogens is 1. The number of nitrogens with one attached hydrogen (secondary N) is 1. The van der Waals surface area contributed by atoms with Gasteiger partial charge in [0.05, 0.1) is 36.9 Å². The zero-order valence-corrected chi connectivity index (χ0v) is 24.2. The molecule has 1 saturated carbocycles. The SMILES string of the molecule is CCCCC1CCC1c1cc(=O)n(Cc2ccc(-c3ccccc3-c3noc(=O)[nH]3)nc2)c(-c2ncc(OCC)cn2)n1. The fraction of sp³-hybridized carbons (Fsp3) is 0.344. The van der Waals surface area contributed by atoms with E-state index < -0.39 is 5.76 Å². The Balaban J connectivity index is 1.33. The summed E-state index contributed by atoms with van der Waals surface area (Å²) in [6.07, 6.45) is 10.6. The van der Waals surface area contributed by atoms with Gasteiger partial charge in [-0.15, -0.1) is 0 Å². The summed E-state index contributed by atoms with van der Waals surface area (Å²) in [5.41, 5.74) is 3.63. The number of rotatable bonds is 11. The summed E-state index contributed by atoms with van der Waals surface area (Å²) in [7, 11) is 0. The molecule has 2 atom stereocenters. The van der Waals surface area contributed by atoms with Gasteiger partial charge in [0.2, 0.25) is 0 Å². The summed E-state index contributed by atoms with van der Waals surface area (Å²) in [5.74, 6) is 1.88. The molecule has 1 N–H and O–H groups in total. The molecule has 11 heteroatoms. The molecule has 0 aliphatic heterocycles. The Morgan fingerprint density at radius 3 is 2.47 bits per heavy atom. The normalized spacial score (nSPS) is 16.1. The van der Waals surface area contributed by atoms with Gasteiger partial charge in [0.1, 0.15) is 0 Å². The number of hydrogen-bond acceptors (Lipinski definition) is 9. The average Bonchev–Trinajstić information content (AvgIpc) is 3.45. The number of unbranched alkanes of at least 4 members (excludes halogenated alkanes) is 1. The molecule has 43 heavy (non-hydrogen) atoms. The number of ether oxygens (including phenoxy) is 1. The molecule has 1 aliphatic carbocycles. The van der Waals surface area contributed by atoms with Crippen LogP contribution >= 0.6 is 0 Å². The summed E-state index contributed by atoms with van der Waals surface area (Å²) < 4.78 is 11.8.